The number of Topliss-reactive ketones (excluding diaryl/α,β-unsaturated/α-hetero) is 1. The fraction of sp³-hybridized carbons (Fsp3) is 0.462. The number of hydrogen-bond acceptors (Lipinski definition) is 9. The third kappa shape index (κ3) is 7.31. The minimum absolute atomic E-state index is 0.0355. The highest BCUT2D eigenvalue weighted by atomic mass is 19.1. The molecule has 2 aromatic heterocycles. The number of halogens is 1. The fourth-order valence-electron chi connectivity index (χ4n) is 4.22. The van der Waals surface area contributed by atoms with Crippen molar-refractivity contribution in [1.82, 2.24) is 25.4 Å². The molecule has 0 unspecified atom stereocenters. The number of hydrogen-bond donors (Lipinski definition) is 1. The molecule has 11 heteroatoms. The van der Waals surface area contributed by atoms with Crippen molar-refractivity contribution < 1.29 is 23.2 Å². The van der Waals surface area contributed by atoms with Crippen molar-refractivity contribution in [2.45, 2.75) is 46.0 Å². The van der Waals surface area contributed by atoms with E-state index >= 15 is 0 Å². The Kier molecular flexibility index (Phi) is 8.76. The quantitative estimate of drug-likeness (QED) is 0.384. The zero-order valence-corrected chi connectivity index (χ0v) is 21.1. The smallest absolute Gasteiger partial charge is 0.254 e. The molecule has 0 aliphatic carbocycles. The summed E-state index contributed by atoms with van der Waals surface area (Å²) < 4.78 is 25.0. The molecule has 1 N–H and O–H groups in total. The van der Waals surface area contributed by atoms with Crippen molar-refractivity contribution >= 4 is 17.6 Å². The third-order valence-corrected chi connectivity index (χ3v) is 6.29. The van der Waals surface area contributed by atoms with E-state index in [1.54, 1.807) is 25.4 Å². The van der Waals surface area contributed by atoms with Crippen LogP contribution in [0.1, 0.15) is 55.3 Å². The van der Waals surface area contributed by atoms with E-state index in [1.807, 2.05) is 0 Å². The lowest BCUT2D eigenvalue weighted by Gasteiger charge is -2.32. The lowest BCUT2D eigenvalue weighted by molar-refractivity contribution is -0.116. The van der Waals surface area contributed by atoms with Crippen molar-refractivity contribution in [3.05, 3.63) is 47.9 Å². The molecular formula is C26H31FN6O4. The first kappa shape index (κ1) is 26.2. The lowest BCUT2D eigenvalue weighted by Crippen LogP contribution is -2.34. The molecule has 1 aromatic carbocycles. The van der Waals surface area contributed by atoms with Gasteiger partial charge < -0.3 is 19.5 Å². The van der Waals surface area contributed by atoms with Crippen LogP contribution in [0.25, 0.3) is 11.4 Å². The Bertz CT molecular complexity index is 1210. The summed E-state index contributed by atoms with van der Waals surface area (Å²) in [7, 11) is 0. The number of aromatic nitrogens is 4. The van der Waals surface area contributed by atoms with E-state index in [9.17, 15) is 14.0 Å². The number of ketones is 1. The van der Waals surface area contributed by atoms with Crippen LogP contribution in [0.3, 0.4) is 0 Å². The van der Waals surface area contributed by atoms with Crippen LogP contribution >= 0.6 is 0 Å². The van der Waals surface area contributed by atoms with Crippen LogP contribution in [-0.2, 0) is 4.79 Å². The molecule has 0 spiro atoms. The molecule has 0 bridgehead atoms. The summed E-state index contributed by atoms with van der Waals surface area (Å²) >= 11 is 0. The third-order valence-electron chi connectivity index (χ3n) is 6.29. The van der Waals surface area contributed by atoms with E-state index in [0.29, 0.717) is 35.9 Å². The second-order valence-electron chi connectivity index (χ2n) is 9.18. The monoisotopic (exact) mass is 510 g/mol. The average molecular weight is 511 g/mol. The van der Waals surface area contributed by atoms with Crippen LogP contribution in [-0.4, -0.2) is 58.0 Å². The van der Waals surface area contributed by atoms with E-state index in [0.717, 1.165) is 44.3 Å². The van der Waals surface area contributed by atoms with Gasteiger partial charge in [-0.2, -0.15) is 4.98 Å². The highest BCUT2D eigenvalue weighted by molar-refractivity contribution is 5.94. The Morgan fingerprint density at radius 1 is 1.22 bits per heavy atom. The minimum atomic E-state index is -0.646. The number of amides is 1. The maximum absolute atomic E-state index is 14.3. The first-order chi connectivity index (χ1) is 17.9. The van der Waals surface area contributed by atoms with Gasteiger partial charge in [-0.1, -0.05) is 5.16 Å². The molecule has 1 aliphatic rings. The van der Waals surface area contributed by atoms with E-state index < -0.39 is 11.7 Å². The standard InChI is InChI=1S/C26H31FN6O4/c1-17(34)7-10-28-25(35)22-6-5-21(14-23(22)27)36-13-3-4-19-8-11-33(12-9-19)26-29-15-20(16-30-26)24-31-18(2)37-32-24/h5-6,14-16,19H,3-4,7-13H2,1-2H3,(H,28,35). The van der Waals surface area contributed by atoms with E-state index in [1.165, 1.54) is 19.1 Å². The maximum atomic E-state index is 14.3. The van der Waals surface area contributed by atoms with Crippen LogP contribution in [0.5, 0.6) is 5.75 Å². The molecule has 0 radical (unpaired) electrons. The molecule has 37 heavy (non-hydrogen) atoms. The van der Waals surface area contributed by atoms with Gasteiger partial charge >= 0.3 is 0 Å². The summed E-state index contributed by atoms with van der Waals surface area (Å²) in [5.41, 5.74) is 0.657. The Labute approximate surface area is 214 Å². The zero-order chi connectivity index (χ0) is 26.2. The van der Waals surface area contributed by atoms with Crippen LogP contribution < -0.4 is 15.0 Å². The molecule has 1 fully saturated rings. The Morgan fingerprint density at radius 2 is 1.97 bits per heavy atom. The normalized spacial score (nSPS) is 14.0. The minimum Gasteiger partial charge on any atom is -0.493 e. The number of benzene rings is 1. The van der Waals surface area contributed by atoms with E-state index in [-0.39, 0.29) is 24.3 Å². The van der Waals surface area contributed by atoms with Crippen LogP contribution in [0.2, 0.25) is 0 Å². The van der Waals surface area contributed by atoms with Gasteiger partial charge in [0, 0.05) is 51.4 Å². The molecule has 1 saturated heterocycles. The Morgan fingerprint density at radius 3 is 2.62 bits per heavy atom. The summed E-state index contributed by atoms with van der Waals surface area (Å²) in [6.45, 7) is 5.61. The van der Waals surface area contributed by atoms with Gasteiger partial charge in [-0.3, -0.25) is 9.59 Å². The summed E-state index contributed by atoms with van der Waals surface area (Å²) in [5.74, 6) is 1.43. The van der Waals surface area contributed by atoms with Gasteiger partial charge in [0.2, 0.25) is 17.7 Å². The lowest BCUT2D eigenvalue weighted by atomic mass is 9.92. The number of ether oxygens (including phenoxy) is 1. The number of aryl methyl sites for hydroxylation is 1. The number of carbonyl (C=O) groups is 2. The molecular weight excluding hydrogens is 479 g/mol. The van der Waals surface area contributed by atoms with Crippen LogP contribution in [0, 0.1) is 18.7 Å². The number of carbonyl (C=O) groups excluding carboxylic acids is 2. The van der Waals surface area contributed by atoms with Crippen molar-refractivity contribution in [3.8, 4) is 17.1 Å². The van der Waals surface area contributed by atoms with Gasteiger partial charge in [0.05, 0.1) is 17.7 Å². The van der Waals surface area contributed by atoms with Gasteiger partial charge in [0.1, 0.15) is 17.3 Å². The van der Waals surface area contributed by atoms with Crippen molar-refractivity contribution in [3.63, 3.8) is 0 Å². The van der Waals surface area contributed by atoms with E-state index in [4.69, 9.17) is 9.26 Å². The number of anilines is 1. The maximum Gasteiger partial charge on any atom is 0.254 e. The average Bonchev–Trinajstić information content (AvgIpc) is 3.33. The molecule has 3 aromatic rings. The summed E-state index contributed by atoms with van der Waals surface area (Å²) in [5, 5.41) is 6.43. The summed E-state index contributed by atoms with van der Waals surface area (Å²) in [6.07, 6.45) is 7.60. The van der Waals surface area contributed by atoms with Crippen molar-refractivity contribution in [2.75, 3.05) is 31.1 Å². The number of rotatable bonds is 11. The zero-order valence-electron chi connectivity index (χ0n) is 21.1. The SMILES string of the molecule is CC(=O)CCNC(=O)c1ccc(OCCCC2CCN(c3ncc(-c4noc(C)n4)cn3)CC2)cc1F. The van der Waals surface area contributed by atoms with Crippen LogP contribution in [0.15, 0.2) is 35.1 Å². The molecule has 1 aliphatic heterocycles. The van der Waals surface area contributed by atoms with Gasteiger partial charge in [-0.15, -0.1) is 0 Å². The molecule has 196 valence electrons. The van der Waals surface area contributed by atoms with Gasteiger partial charge in [0.15, 0.2) is 0 Å². The molecule has 3 heterocycles. The number of piperidine rings is 1. The second-order valence-corrected chi connectivity index (χ2v) is 9.18. The Balaban J connectivity index is 1.16. The molecule has 1 amide bonds. The number of nitrogens with zero attached hydrogens (tertiary/aromatic N) is 5. The van der Waals surface area contributed by atoms with Crippen molar-refractivity contribution in [1.29, 1.82) is 0 Å². The molecule has 4 rings (SSSR count). The summed E-state index contributed by atoms with van der Waals surface area (Å²) in [6, 6.07) is 4.22. The highest BCUT2D eigenvalue weighted by Crippen LogP contribution is 2.25. The first-order valence-electron chi connectivity index (χ1n) is 12.5. The molecule has 10 nitrogen and oxygen atoms in total. The largest absolute Gasteiger partial charge is 0.493 e. The van der Waals surface area contributed by atoms with Gasteiger partial charge in [-0.05, 0) is 50.7 Å². The van der Waals surface area contributed by atoms with Gasteiger partial charge in [-0.25, -0.2) is 14.4 Å². The fourth-order valence-corrected chi connectivity index (χ4v) is 4.22. The second kappa shape index (κ2) is 12.4. The predicted octanol–water partition coefficient (Wildman–Crippen LogP) is 3.76. The van der Waals surface area contributed by atoms with Crippen molar-refractivity contribution in [2.24, 2.45) is 5.92 Å². The van der Waals surface area contributed by atoms with Crippen LogP contribution in [0.4, 0.5) is 10.3 Å². The van der Waals surface area contributed by atoms with Gasteiger partial charge in [0.25, 0.3) is 5.91 Å². The predicted molar refractivity (Wildman–Crippen MR) is 134 cm³/mol. The topological polar surface area (TPSA) is 123 Å². The molecule has 0 atom stereocenters. The highest BCUT2D eigenvalue weighted by Gasteiger charge is 2.21. The summed E-state index contributed by atoms with van der Waals surface area (Å²) in [4.78, 5) is 38.3. The Hall–Kier alpha value is -3.89. The van der Waals surface area contributed by atoms with E-state index in [2.05, 4.69) is 30.3 Å². The number of nitrogens with one attached hydrogen (secondary N) is 1. The first-order valence-corrected chi connectivity index (χ1v) is 12.5. The molecule has 0 saturated carbocycles.